The Labute approximate surface area is 163 Å². The number of nitrogens with zero attached hydrogens (tertiary/aromatic N) is 3. The van der Waals surface area contributed by atoms with Crippen molar-refractivity contribution in [2.24, 2.45) is 0 Å². The Morgan fingerprint density at radius 1 is 1.07 bits per heavy atom. The summed E-state index contributed by atoms with van der Waals surface area (Å²) in [5.74, 6) is -1.08. The van der Waals surface area contributed by atoms with E-state index in [-0.39, 0.29) is 12.1 Å². The molecule has 5 nitrogen and oxygen atoms in total. The number of benzene rings is 2. The molecular weight excluding hydrogens is 383 g/mol. The SMILES string of the molecule is O=C(O)c1cncc(-c2cccc3nn(Cc4cccc(C(F)(F)F)c4)cc23)c1. The number of hydrogen-bond donors (Lipinski definition) is 1. The van der Waals surface area contributed by atoms with Gasteiger partial charge in [0.1, 0.15) is 0 Å². The highest BCUT2D eigenvalue weighted by atomic mass is 19.4. The van der Waals surface area contributed by atoms with Crippen LogP contribution in [0.4, 0.5) is 13.2 Å². The van der Waals surface area contributed by atoms with Crippen LogP contribution in [0.2, 0.25) is 0 Å². The number of alkyl halides is 3. The summed E-state index contributed by atoms with van der Waals surface area (Å²) in [6.07, 6.45) is 0.160. The monoisotopic (exact) mass is 397 g/mol. The van der Waals surface area contributed by atoms with Crippen LogP contribution >= 0.6 is 0 Å². The summed E-state index contributed by atoms with van der Waals surface area (Å²) in [7, 11) is 0. The molecule has 0 aliphatic carbocycles. The Morgan fingerprint density at radius 3 is 2.62 bits per heavy atom. The van der Waals surface area contributed by atoms with Gasteiger partial charge < -0.3 is 5.11 Å². The molecule has 0 saturated heterocycles. The average molecular weight is 397 g/mol. The number of fused-ring (bicyclic) bond motifs is 1. The van der Waals surface area contributed by atoms with Gasteiger partial charge in [0.2, 0.25) is 0 Å². The molecule has 4 rings (SSSR count). The normalized spacial score (nSPS) is 11.7. The maximum atomic E-state index is 12.9. The summed E-state index contributed by atoms with van der Waals surface area (Å²) in [4.78, 5) is 15.2. The zero-order valence-electron chi connectivity index (χ0n) is 14.9. The number of carbonyl (C=O) groups is 1. The van der Waals surface area contributed by atoms with Crippen LogP contribution in [0.3, 0.4) is 0 Å². The number of carboxylic acids is 1. The van der Waals surface area contributed by atoms with Crippen molar-refractivity contribution in [2.75, 3.05) is 0 Å². The molecule has 0 unspecified atom stereocenters. The summed E-state index contributed by atoms with van der Waals surface area (Å²) in [5.41, 5.74) is 1.85. The number of hydrogen-bond acceptors (Lipinski definition) is 3. The predicted octanol–water partition coefficient (Wildman–Crippen LogP) is 4.86. The Bertz CT molecular complexity index is 1220. The van der Waals surface area contributed by atoms with E-state index in [9.17, 15) is 23.1 Å². The van der Waals surface area contributed by atoms with Gasteiger partial charge in [0.15, 0.2) is 0 Å². The van der Waals surface area contributed by atoms with E-state index in [1.165, 1.54) is 18.3 Å². The van der Waals surface area contributed by atoms with Gasteiger partial charge in [-0.15, -0.1) is 0 Å². The lowest BCUT2D eigenvalue weighted by Gasteiger charge is -2.08. The molecular formula is C21H14F3N3O2. The zero-order valence-corrected chi connectivity index (χ0v) is 14.9. The number of aromatic carboxylic acids is 1. The lowest BCUT2D eigenvalue weighted by Crippen LogP contribution is -2.07. The van der Waals surface area contributed by atoms with Gasteiger partial charge in [0, 0.05) is 29.5 Å². The summed E-state index contributed by atoms with van der Waals surface area (Å²) in [5, 5.41) is 14.4. The predicted molar refractivity (Wildman–Crippen MR) is 100 cm³/mol. The Kier molecular flexibility index (Phi) is 4.54. The molecule has 146 valence electrons. The molecule has 0 spiro atoms. The molecule has 1 N–H and O–H groups in total. The number of carboxylic acid groups (broad SMARTS) is 1. The van der Waals surface area contributed by atoms with Crippen LogP contribution in [0.15, 0.2) is 67.1 Å². The Hall–Kier alpha value is -3.68. The molecule has 0 bridgehead atoms. The van der Waals surface area contributed by atoms with Crippen molar-refractivity contribution in [1.82, 2.24) is 14.8 Å². The molecule has 2 aromatic carbocycles. The van der Waals surface area contributed by atoms with Crippen LogP contribution in [0.1, 0.15) is 21.5 Å². The molecule has 0 aliphatic rings. The zero-order chi connectivity index (χ0) is 20.6. The smallest absolute Gasteiger partial charge is 0.416 e. The second-order valence-corrected chi connectivity index (χ2v) is 6.53. The fourth-order valence-corrected chi connectivity index (χ4v) is 3.16. The van der Waals surface area contributed by atoms with Gasteiger partial charge in [-0.2, -0.15) is 18.3 Å². The van der Waals surface area contributed by atoms with Crippen molar-refractivity contribution in [3.8, 4) is 11.1 Å². The molecule has 4 aromatic rings. The lowest BCUT2D eigenvalue weighted by molar-refractivity contribution is -0.137. The number of halogens is 3. The Balaban J connectivity index is 1.72. The van der Waals surface area contributed by atoms with E-state index in [0.29, 0.717) is 16.6 Å². The summed E-state index contributed by atoms with van der Waals surface area (Å²) >= 11 is 0. The first-order valence-corrected chi connectivity index (χ1v) is 8.62. The minimum Gasteiger partial charge on any atom is -0.478 e. The first-order chi connectivity index (χ1) is 13.8. The van der Waals surface area contributed by atoms with Crippen LogP contribution < -0.4 is 0 Å². The van der Waals surface area contributed by atoms with E-state index in [0.717, 1.165) is 23.1 Å². The first kappa shape index (κ1) is 18.7. The fourth-order valence-electron chi connectivity index (χ4n) is 3.16. The van der Waals surface area contributed by atoms with E-state index < -0.39 is 17.7 Å². The molecule has 2 heterocycles. The van der Waals surface area contributed by atoms with Crippen LogP contribution in [0.25, 0.3) is 22.0 Å². The third-order valence-corrected chi connectivity index (χ3v) is 4.49. The maximum absolute atomic E-state index is 12.9. The van der Waals surface area contributed by atoms with Gasteiger partial charge in [0.25, 0.3) is 0 Å². The number of pyridine rings is 1. The van der Waals surface area contributed by atoms with Crippen LogP contribution in [0, 0.1) is 0 Å². The van der Waals surface area contributed by atoms with Crippen molar-refractivity contribution >= 4 is 16.9 Å². The Morgan fingerprint density at radius 2 is 1.86 bits per heavy atom. The van der Waals surface area contributed by atoms with Gasteiger partial charge in [-0.1, -0.05) is 24.3 Å². The molecule has 0 saturated carbocycles. The van der Waals surface area contributed by atoms with Gasteiger partial charge in [0.05, 0.1) is 23.2 Å². The second-order valence-electron chi connectivity index (χ2n) is 6.53. The molecule has 0 aliphatic heterocycles. The highest BCUT2D eigenvalue weighted by molar-refractivity contribution is 5.96. The molecule has 0 amide bonds. The van der Waals surface area contributed by atoms with Crippen LogP contribution in [-0.4, -0.2) is 25.8 Å². The van der Waals surface area contributed by atoms with Gasteiger partial charge in [-0.05, 0) is 35.4 Å². The lowest BCUT2D eigenvalue weighted by atomic mass is 10.0. The van der Waals surface area contributed by atoms with Crippen molar-refractivity contribution in [1.29, 1.82) is 0 Å². The molecule has 0 radical (unpaired) electrons. The molecule has 8 heteroatoms. The standard InChI is InChI=1S/C21H14F3N3O2/c22-21(23,24)16-4-1-3-13(7-16)11-27-12-18-17(5-2-6-19(18)26-27)14-8-15(20(28)29)10-25-9-14/h1-10,12H,11H2,(H,28,29). The second kappa shape index (κ2) is 7.05. The first-order valence-electron chi connectivity index (χ1n) is 8.62. The van der Waals surface area contributed by atoms with Crippen molar-refractivity contribution in [3.05, 3.63) is 83.8 Å². The minimum atomic E-state index is -4.40. The fraction of sp³-hybridized carbons (Fsp3) is 0.0952. The molecule has 0 fully saturated rings. The van der Waals surface area contributed by atoms with Crippen LogP contribution in [0.5, 0.6) is 0 Å². The van der Waals surface area contributed by atoms with E-state index in [1.54, 1.807) is 35.3 Å². The third kappa shape index (κ3) is 3.82. The maximum Gasteiger partial charge on any atom is 0.416 e. The van der Waals surface area contributed by atoms with E-state index in [4.69, 9.17) is 0 Å². The topological polar surface area (TPSA) is 68.0 Å². The van der Waals surface area contributed by atoms with Crippen LogP contribution in [-0.2, 0) is 12.7 Å². The quantitative estimate of drug-likeness (QED) is 0.534. The molecule has 29 heavy (non-hydrogen) atoms. The molecule has 2 aromatic heterocycles. The van der Waals surface area contributed by atoms with E-state index in [2.05, 4.69) is 10.1 Å². The van der Waals surface area contributed by atoms with Crippen molar-refractivity contribution in [2.45, 2.75) is 12.7 Å². The van der Waals surface area contributed by atoms with Gasteiger partial charge in [-0.25, -0.2) is 4.79 Å². The van der Waals surface area contributed by atoms with Gasteiger partial charge in [-0.3, -0.25) is 9.67 Å². The summed E-state index contributed by atoms with van der Waals surface area (Å²) in [6, 6.07) is 12.0. The highest BCUT2D eigenvalue weighted by Crippen LogP contribution is 2.31. The third-order valence-electron chi connectivity index (χ3n) is 4.49. The van der Waals surface area contributed by atoms with E-state index in [1.807, 2.05) is 6.07 Å². The highest BCUT2D eigenvalue weighted by Gasteiger charge is 2.30. The summed E-state index contributed by atoms with van der Waals surface area (Å²) in [6.45, 7) is 0.172. The minimum absolute atomic E-state index is 0.0656. The van der Waals surface area contributed by atoms with Crippen molar-refractivity contribution in [3.63, 3.8) is 0 Å². The molecule has 0 atom stereocenters. The average Bonchev–Trinajstić information content (AvgIpc) is 3.10. The number of rotatable bonds is 4. The van der Waals surface area contributed by atoms with Crippen molar-refractivity contribution < 1.29 is 23.1 Å². The van der Waals surface area contributed by atoms with E-state index >= 15 is 0 Å². The van der Waals surface area contributed by atoms with Gasteiger partial charge >= 0.3 is 12.1 Å². The largest absolute Gasteiger partial charge is 0.478 e. The number of aromatic nitrogens is 3. The summed E-state index contributed by atoms with van der Waals surface area (Å²) < 4.78 is 40.4.